The molecule has 1 aliphatic heterocycles. The molecule has 1 aliphatic rings. The number of rotatable bonds is 4. The Labute approximate surface area is 151 Å². The maximum Gasteiger partial charge on any atom is 0.410 e. The summed E-state index contributed by atoms with van der Waals surface area (Å²) in [4.78, 5) is 16.5. The normalized spacial score (nSPS) is 17.4. The van der Waals surface area contributed by atoms with Gasteiger partial charge in [-0.1, -0.05) is 6.07 Å². The van der Waals surface area contributed by atoms with Crippen LogP contribution in [0, 0.1) is 0 Å². The van der Waals surface area contributed by atoms with Gasteiger partial charge in [-0.3, -0.25) is 0 Å². The summed E-state index contributed by atoms with van der Waals surface area (Å²) in [5.41, 5.74) is 3.16. The minimum Gasteiger partial charge on any atom is -0.494 e. The van der Waals surface area contributed by atoms with E-state index in [-0.39, 0.29) is 12.1 Å². The lowest BCUT2D eigenvalue weighted by Gasteiger charge is -2.36. The highest BCUT2D eigenvalue weighted by molar-refractivity contribution is 5.69. The molecular formula is C20H32N2O3. The Kier molecular flexibility index (Phi) is 5.99. The molecule has 5 nitrogen and oxygen atoms in total. The van der Waals surface area contributed by atoms with Crippen molar-refractivity contribution in [3.05, 3.63) is 28.8 Å². The van der Waals surface area contributed by atoms with Crippen LogP contribution < -0.4 is 4.74 Å². The first-order valence-corrected chi connectivity index (χ1v) is 9.02. The zero-order valence-electron chi connectivity index (χ0n) is 16.7. The van der Waals surface area contributed by atoms with Crippen LogP contribution in [0.25, 0.3) is 0 Å². The second-order valence-electron chi connectivity index (χ2n) is 8.06. The second kappa shape index (κ2) is 7.65. The van der Waals surface area contributed by atoms with Gasteiger partial charge in [0.1, 0.15) is 11.4 Å². The largest absolute Gasteiger partial charge is 0.494 e. The van der Waals surface area contributed by atoms with Crippen LogP contribution in [0.5, 0.6) is 5.75 Å². The average molecular weight is 348 g/mol. The Morgan fingerprint density at radius 2 is 1.96 bits per heavy atom. The molecule has 0 N–H and O–H groups in total. The maximum atomic E-state index is 12.5. The van der Waals surface area contributed by atoms with Crippen molar-refractivity contribution in [1.29, 1.82) is 0 Å². The van der Waals surface area contributed by atoms with E-state index < -0.39 is 5.60 Å². The summed E-state index contributed by atoms with van der Waals surface area (Å²) in [6.07, 6.45) is 0.586. The van der Waals surface area contributed by atoms with Gasteiger partial charge in [0.05, 0.1) is 6.61 Å². The number of nitrogens with zero attached hydrogens (tertiary/aromatic N) is 2. The third kappa shape index (κ3) is 5.11. The van der Waals surface area contributed by atoms with Crippen molar-refractivity contribution in [1.82, 2.24) is 9.80 Å². The Hall–Kier alpha value is -1.75. The van der Waals surface area contributed by atoms with Crippen molar-refractivity contribution in [3.63, 3.8) is 0 Å². The highest BCUT2D eigenvalue weighted by atomic mass is 16.6. The van der Waals surface area contributed by atoms with Crippen LogP contribution in [0.3, 0.4) is 0 Å². The first kappa shape index (κ1) is 19.6. The Bertz CT molecular complexity index is 620. The minimum absolute atomic E-state index is 0.118. The molecule has 5 heteroatoms. The van der Waals surface area contributed by atoms with Gasteiger partial charge < -0.3 is 19.3 Å². The van der Waals surface area contributed by atoms with Crippen molar-refractivity contribution in [2.24, 2.45) is 0 Å². The van der Waals surface area contributed by atoms with Crippen molar-refractivity contribution in [3.8, 4) is 5.75 Å². The van der Waals surface area contributed by atoms with Crippen LogP contribution in [0.4, 0.5) is 4.79 Å². The van der Waals surface area contributed by atoms with E-state index >= 15 is 0 Å². The van der Waals surface area contributed by atoms with Gasteiger partial charge in [-0.05, 0) is 72.3 Å². The number of fused-ring (bicyclic) bond motifs is 1. The van der Waals surface area contributed by atoms with Gasteiger partial charge in [-0.25, -0.2) is 4.79 Å². The van der Waals surface area contributed by atoms with Gasteiger partial charge in [-0.2, -0.15) is 0 Å². The van der Waals surface area contributed by atoms with Crippen LogP contribution in [0.15, 0.2) is 12.1 Å². The molecule has 25 heavy (non-hydrogen) atoms. The van der Waals surface area contributed by atoms with E-state index in [4.69, 9.17) is 9.47 Å². The third-order valence-electron chi connectivity index (χ3n) is 4.19. The molecule has 1 amide bonds. The average Bonchev–Trinajstić information content (AvgIpc) is 2.45. The van der Waals surface area contributed by atoms with E-state index in [1.807, 2.05) is 32.6 Å². The third-order valence-corrected chi connectivity index (χ3v) is 4.19. The van der Waals surface area contributed by atoms with E-state index in [1.54, 1.807) is 0 Å². The number of hydrogen-bond acceptors (Lipinski definition) is 4. The zero-order valence-corrected chi connectivity index (χ0v) is 16.7. The maximum absolute atomic E-state index is 12.5. The van der Waals surface area contributed by atoms with Crippen molar-refractivity contribution < 1.29 is 14.3 Å². The molecule has 0 saturated carbocycles. The lowest BCUT2D eigenvalue weighted by molar-refractivity contribution is 0.0138. The van der Waals surface area contributed by atoms with Gasteiger partial charge in [0.15, 0.2) is 0 Å². The Balaban J connectivity index is 2.29. The highest BCUT2D eigenvalue weighted by Gasteiger charge is 2.31. The topological polar surface area (TPSA) is 42.0 Å². The highest BCUT2D eigenvalue weighted by Crippen LogP contribution is 2.31. The fraction of sp³-hybridized carbons (Fsp3) is 0.650. The predicted octanol–water partition coefficient (Wildman–Crippen LogP) is 3.83. The Morgan fingerprint density at radius 3 is 2.52 bits per heavy atom. The molecule has 1 aromatic rings. The van der Waals surface area contributed by atoms with E-state index in [1.165, 1.54) is 11.1 Å². The number of ether oxygens (including phenoxy) is 2. The molecule has 1 atom stereocenters. The fourth-order valence-corrected chi connectivity index (χ4v) is 3.14. The summed E-state index contributed by atoms with van der Waals surface area (Å²) in [7, 11) is 4.12. The monoisotopic (exact) mass is 348 g/mol. The number of hydrogen-bond donors (Lipinski definition) is 0. The first-order valence-electron chi connectivity index (χ1n) is 9.02. The van der Waals surface area contributed by atoms with Crippen molar-refractivity contribution in [2.45, 2.75) is 65.8 Å². The van der Waals surface area contributed by atoms with Gasteiger partial charge in [0, 0.05) is 24.7 Å². The number of carbonyl (C=O) groups excluding carboxylic acids is 1. The van der Waals surface area contributed by atoms with Gasteiger partial charge in [-0.15, -0.1) is 0 Å². The summed E-state index contributed by atoms with van der Waals surface area (Å²) < 4.78 is 11.4. The molecule has 1 unspecified atom stereocenters. The number of carbonyl (C=O) groups is 1. The standard InChI is InChI=1S/C20H32N2O3/c1-8-24-18-11-16-13-22(19(23)25-20(3,4)5)14(2)9-15(16)10-17(18)12-21(6)7/h10-11,14H,8-9,12-13H2,1-7H3. The van der Waals surface area contributed by atoms with E-state index in [2.05, 4.69) is 38.1 Å². The van der Waals surface area contributed by atoms with Crippen LogP contribution in [-0.2, 0) is 24.2 Å². The van der Waals surface area contributed by atoms with Crippen molar-refractivity contribution in [2.75, 3.05) is 20.7 Å². The molecule has 0 aromatic heterocycles. The Morgan fingerprint density at radius 1 is 1.28 bits per heavy atom. The molecule has 2 rings (SSSR count). The molecule has 0 spiro atoms. The number of benzene rings is 1. The molecule has 140 valence electrons. The minimum atomic E-state index is -0.483. The summed E-state index contributed by atoms with van der Waals surface area (Å²) in [5.74, 6) is 0.911. The fourth-order valence-electron chi connectivity index (χ4n) is 3.14. The molecule has 1 heterocycles. The smallest absolute Gasteiger partial charge is 0.410 e. The molecule has 0 saturated heterocycles. The zero-order chi connectivity index (χ0) is 18.8. The van der Waals surface area contributed by atoms with E-state index in [0.29, 0.717) is 13.2 Å². The summed E-state index contributed by atoms with van der Waals surface area (Å²) in [6.45, 7) is 11.8. The quantitative estimate of drug-likeness (QED) is 0.829. The van der Waals surface area contributed by atoms with Crippen molar-refractivity contribution >= 4 is 6.09 Å². The number of amides is 1. The summed E-state index contributed by atoms with van der Waals surface area (Å²) in [6, 6.07) is 4.46. The van der Waals surface area contributed by atoms with Gasteiger partial charge >= 0.3 is 6.09 Å². The van der Waals surface area contributed by atoms with Crippen LogP contribution in [0.1, 0.15) is 51.3 Å². The molecule has 0 radical (unpaired) electrons. The summed E-state index contributed by atoms with van der Waals surface area (Å²) >= 11 is 0. The second-order valence-corrected chi connectivity index (χ2v) is 8.06. The molecule has 1 aromatic carbocycles. The molecule has 0 bridgehead atoms. The van der Waals surface area contributed by atoms with E-state index in [0.717, 1.165) is 24.3 Å². The lowest BCUT2D eigenvalue weighted by Crippen LogP contribution is -2.45. The molecular weight excluding hydrogens is 316 g/mol. The van der Waals surface area contributed by atoms with Crippen LogP contribution in [0.2, 0.25) is 0 Å². The SMILES string of the molecule is CCOc1cc2c(cc1CN(C)C)CC(C)N(C(=O)OC(C)(C)C)C2. The van der Waals surface area contributed by atoms with Crippen LogP contribution >= 0.6 is 0 Å². The van der Waals surface area contributed by atoms with E-state index in [9.17, 15) is 4.79 Å². The van der Waals surface area contributed by atoms with Crippen LogP contribution in [-0.4, -0.2) is 48.2 Å². The summed E-state index contributed by atoms with van der Waals surface area (Å²) in [5, 5.41) is 0. The van der Waals surface area contributed by atoms with Gasteiger partial charge in [0.25, 0.3) is 0 Å². The lowest BCUT2D eigenvalue weighted by atomic mass is 9.92. The van der Waals surface area contributed by atoms with Gasteiger partial charge in [0.2, 0.25) is 0 Å². The predicted molar refractivity (Wildman–Crippen MR) is 99.9 cm³/mol. The molecule has 0 aliphatic carbocycles. The molecule has 0 fully saturated rings. The first-order chi connectivity index (χ1) is 11.6.